The molecule has 96 valence electrons. The number of benzene rings is 1. The number of hydrogen-bond acceptors (Lipinski definition) is 3. The highest BCUT2D eigenvalue weighted by atomic mass is 16.4. The van der Waals surface area contributed by atoms with Crippen molar-refractivity contribution >= 4 is 11.9 Å². The van der Waals surface area contributed by atoms with Crippen molar-refractivity contribution in [3.05, 3.63) is 35.4 Å². The van der Waals surface area contributed by atoms with E-state index < -0.39 is 17.9 Å². The molecule has 1 heterocycles. The fourth-order valence-electron chi connectivity index (χ4n) is 1.93. The van der Waals surface area contributed by atoms with Crippen LogP contribution in [-0.4, -0.2) is 35.0 Å². The van der Waals surface area contributed by atoms with Gasteiger partial charge in [0, 0.05) is 13.1 Å². The van der Waals surface area contributed by atoms with Crippen LogP contribution in [0.3, 0.4) is 0 Å². The monoisotopic (exact) mass is 248 g/mol. The Hall–Kier alpha value is -1.88. The Morgan fingerprint density at radius 1 is 1.33 bits per heavy atom. The standard InChI is InChI=1S/C13H16N2O3/c1-8-2-4-9(5-3-8)11(14)12(16)15-6-10(7-15)13(17)18/h2-5,10-11H,6-7,14H2,1H3,(H,17,18). The van der Waals surface area contributed by atoms with Gasteiger partial charge in [0.1, 0.15) is 6.04 Å². The fourth-order valence-corrected chi connectivity index (χ4v) is 1.93. The van der Waals surface area contributed by atoms with Crippen LogP contribution in [0.15, 0.2) is 24.3 Å². The molecule has 1 aliphatic heterocycles. The van der Waals surface area contributed by atoms with Gasteiger partial charge >= 0.3 is 5.97 Å². The molecule has 0 spiro atoms. The summed E-state index contributed by atoms with van der Waals surface area (Å²) in [6, 6.07) is 6.75. The van der Waals surface area contributed by atoms with Crippen LogP contribution >= 0.6 is 0 Å². The van der Waals surface area contributed by atoms with Crippen molar-refractivity contribution in [3.8, 4) is 0 Å². The highest BCUT2D eigenvalue weighted by Gasteiger charge is 2.37. The molecule has 3 N–H and O–H groups in total. The lowest BCUT2D eigenvalue weighted by Gasteiger charge is -2.38. The van der Waals surface area contributed by atoms with E-state index in [0.717, 1.165) is 11.1 Å². The van der Waals surface area contributed by atoms with Gasteiger partial charge in [-0.15, -0.1) is 0 Å². The third-order valence-electron chi connectivity index (χ3n) is 3.24. The van der Waals surface area contributed by atoms with E-state index >= 15 is 0 Å². The predicted octanol–water partition coefficient (Wildman–Crippen LogP) is 0.538. The molecule has 2 rings (SSSR count). The summed E-state index contributed by atoms with van der Waals surface area (Å²) in [5.74, 6) is -1.52. The number of rotatable bonds is 3. The molecular weight excluding hydrogens is 232 g/mol. The summed E-state index contributed by atoms with van der Waals surface area (Å²) < 4.78 is 0. The first-order valence-corrected chi connectivity index (χ1v) is 5.83. The van der Waals surface area contributed by atoms with Crippen molar-refractivity contribution in [3.63, 3.8) is 0 Å². The quantitative estimate of drug-likeness (QED) is 0.817. The van der Waals surface area contributed by atoms with Crippen LogP contribution in [-0.2, 0) is 9.59 Å². The number of nitrogens with two attached hydrogens (primary N) is 1. The zero-order valence-electron chi connectivity index (χ0n) is 10.2. The molecule has 5 nitrogen and oxygen atoms in total. The molecule has 0 radical (unpaired) electrons. The molecule has 0 bridgehead atoms. The van der Waals surface area contributed by atoms with E-state index in [1.54, 1.807) is 0 Å². The Kier molecular flexibility index (Phi) is 3.34. The van der Waals surface area contributed by atoms with Gasteiger partial charge in [0.05, 0.1) is 5.92 Å². The Balaban J connectivity index is 1.98. The average molecular weight is 248 g/mol. The summed E-state index contributed by atoms with van der Waals surface area (Å²) in [4.78, 5) is 24.1. The fraction of sp³-hybridized carbons (Fsp3) is 0.385. The number of likely N-dealkylation sites (tertiary alicyclic amines) is 1. The molecule has 1 fully saturated rings. The van der Waals surface area contributed by atoms with Crippen molar-refractivity contribution in [1.82, 2.24) is 4.90 Å². The topological polar surface area (TPSA) is 83.6 Å². The lowest BCUT2D eigenvalue weighted by atomic mass is 9.97. The first kappa shape index (κ1) is 12.6. The van der Waals surface area contributed by atoms with Gasteiger partial charge in [-0.25, -0.2) is 0 Å². The summed E-state index contributed by atoms with van der Waals surface area (Å²) >= 11 is 0. The molecule has 1 saturated heterocycles. The van der Waals surface area contributed by atoms with E-state index in [-0.39, 0.29) is 19.0 Å². The normalized spacial score (nSPS) is 17.1. The van der Waals surface area contributed by atoms with Crippen molar-refractivity contribution in [1.29, 1.82) is 0 Å². The van der Waals surface area contributed by atoms with Gasteiger partial charge < -0.3 is 15.7 Å². The average Bonchev–Trinajstić information content (AvgIpc) is 2.26. The van der Waals surface area contributed by atoms with Gasteiger partial charge in [0.2, 0.25) is 5.91 Å². The van der Waals surface area contributed by atoms with Gasteiger partial charge in [0.15, 0.2) is 0 Å². The molecule has 0 aliphatic carbocycles. The molecule has 1 aromatic rings. The smallest absolute Gasteiger partial charge is 0.310 e. The van der Waals surface area contributed by atoms with Crippen LogP contribution in [0.1, 0.15) is 17.2 Å². The minimum Gasteiger partial charge on any atom is -0.481 e. The molecule has 1 aromatic carbocycles. The summed E-state index contributed by atoms with van der Waals surface area (Å²) in [6.45, 7) is 2.48. The van der Waals surface area contributed by atoms with Crippen LogP contribution in [0.25, 0.3) is 0 Å². The van der Waals surface area contributed by atoms with Crippen molar-refractivity contribution in [2.24, 2.45) is 11.7 Å². The maximum atomic E-state index is 12.0. The van der Waals surface area contributed by atoms with E-state index in [2.05, 4.69) is 0 Å². The summed E-state index contributed by atoms with van der Waals surface area (Å²) in [5, 5.41) is 8.75. The minimum absolute atomic E-state index is 0.212. The third-order valence-corrected chi connectivity index (χ3v) is 3.24. The lowest BCUT2D eigenvalue weighted by Crippen LogP contribution is -2.55. The number of aryl methyl sites for hydroxylation is 1. The molecule has 0 aromatic heterocycles. The van der Waals surface area contributed by atoms with Crippen LogP contribution in [0.5, 0.6) is 0 Å². The molecule has 1 atom stereocenters. The Morgan fingerprint density at radius 2 is 1.89 bits per heavy atom. The van der Waals surface area contributed by atoms with Crippen LogP contribution in [0.2, 0.25) is 0 Å². The van der Waals surface area contributed by atoms with Crippen molar-refractivity contribution in [2.75, 3.05) is 13.1 Å². The number of carboxylic acid groups (broad SMARTS) is 1. The van der Waals surface area contributed by atoms with Crippen LogP contribution in [0.4, 0.5) is 0 Å². The van der Waals surface area contributed by atoms with E-state index in [4.69, 9.17) is 10.8 Å². The summed E-state index contributed by atoms with van der Waals surface area (Å²) in [5.41, 5.74) is 7.74. The maximum absolute atomic E-state index is 12.0. The number of amides is 1. The van der Waals surface area contributed by atoms with E-state index in [0.29, 0.717) is 0 Å². The van der Waals surface area contributed by atoms with Gasteiger partial charge in [0.25, 0.3) is 0 Å². The van der Waals surface area contributed by atoms with Gasteiger partial charge in [-0.1, -0.05) is 29.8 Å². The zero-order valence-corrected chi connectivity index (χ0v) is 10.2. The number of carbonyl (C=O) groups excluding carboxylic acids is 1. The number of nitrogens with zero attached hydrogens (tertiary/aromatic N) is 1. The van der Waals surface area contributed by atoms with Gasteiger partial charge in [-0.05, 0) is 12.5 Å². The Morgan fingerprint density at radius 3 is 2.39 bits per heavy atom. The highest BCUT2D eigenvalue weighted by Crippen LogP contribution is 2.21. The van der Waals surface area contributed by atoms with E-state index in [9.17, 15) is 9.59 Å². The molecule has 1 aliphatic rings. The second-order valence-electron chi connectivity index (χ2n) is 4.67. The van der Waals surface area contributed by atoms with Crippen LogP contribution < -0.4 is 5.73 Å². The Labute approximate surface area is 105 Å². The second-order valence-corrected chi connectivity index (χ2v) is 4.67. The summed E-state index contributed by atoms with van der Waals surface area (Å²) in [7, 11) is 0. The second kappa shape index (κ2) is 4.78. The number of hydrogen-bond donors (Lipinski definition) is 2. The van der Waals surface area contributed by atoms with Gasteiger partial charge in [-0.2, -0.15) is 0 Å². The first-order valence-electron chi connectivity index (χ1n) is 5.83. The number of carbonyl (C=O) groups is 2. The first-order chi connectivity index (χ1) is 8.49. The molecule has 18 heavy (non-hydrogen) atoms. The molecular formula is C13H16N2O3. The Bertz CT molecular complexity index is 464. The molecule has 1 amide bonds. The SMILES string of the molecule is Cc1ccc(C(N)C(=O)N2CC(C(=O)O)C2)cc1. The predicted molar refractivity (Wildman–Crippen MR) is 65.8 cm³/mol. The summed E-state index contributed by atoms with van der Waals surface area (Å²) in [6.07, 6.45) is 0. The van der Waals surface area contributed by atoms with E-state index in [1.165, 1.54) is 4.90 Å². The van der Waals surface area contributed by atoms with E-state index in [1.807, 2.05) is 31.2 Å². The largest absolute Gasteiger partial charge is 0.481 e. The minimum atomic E-state index is -0.858. The third kappa shape index (κ3) is 2.36. The molecule has 0 saturated carbocycles. The highest BCUT2D eigenvalue weighted by molar-refractivity contribution is 5.85. The zero-order chi connectivity index (χ0) is 13.3. The maximum Gasteiger partial charge on any atom is 0.310 e. The molecule has 5 heteroatoms. The molecule has 1 unspecified atom stereocenters. The lowest BCUT2D eigenvalue weighted by molar-refractivity contribution is -0.153. The van der Waals surface area contributed by atoms with Crippen molar-refractivity contribution in [2.45, 2.75) is 13.0 Å². The van der Waals surface area contributed by atoms with Crippen LogP contribution in [0, 0.1) is 12.8 Å². The van der Waals surface area contributed by atoms with Gasteiger partial charge in [-0.3, -0.25) is 9.59 Å². The number of aliphatic carboxylic acids is 1. The van der Waals surface area contributed by atoms with Crippen molar-refractivity contribution < 1.29 is 14.7 Å². The number of carboxylic acids is 1.